The highest BCUT2D eigenvalue weighted by molar-refractivity contribution is 7.92. The zero-order valence-electron chi connectivity index (χ0n) is 19.8. The van der Waals surface area contributed by atoms with Crippen molar-refractivity contribution in [2.24, 2.45) is 0 Å². The number of rotatable bonds is 8. The number of hydrogen-bond acceptors (Lipinski definition) is 4. The van der Waals surface area contributed by atoms with E-state index in [4.69, 9.17) is 9.84 Å². The van der Waals surface area contributed by atoms with Gasteiger partial charge in [-0.05, 0) is 66.3 Å². The van der Waals surface area contributed by atoms with E-state index >= 15 is 0 Å². The number of nitrogens with zero attached hydrogens (tertiary/aromatic N) is 1. The van der Waals surface area contributed by atoms with Crippen LogP contribution in [-0.4, -0.2) is 32.1 Å². The predicted octanol–water partition coefficient (Wildman–Crippen LogP) is 5.77. The average molecular weight is 492 g/mol. The highest BCUT2D eigenvalue weighted by atomic mass is 32.2. The maximum Gasteiger partial charge on any atom is 0.303 e. The van der Waals surface area contributed by atoms with E-state index in [1.54, 1.807) is 24.3 Å². The molecule has 0 aromatic heterocycles. The molecule has 0 saturated carbocycles. The van der Waals surface area contributed by atoms with Crippen LogP contribution in [0.4, 0.5) is 5.69 Å². The van der Waals surface area contributed by atoms with Crippen LogP contribution >= 0.6 is 0 Å². The van der Waals surface area contributed by atoms with Crippen molar-refractivity contribution in [2.45, 2.75) is 44.1 Å². The van der Waals surface area contributed by atoms with Crippen LogP contribution in [0.5, 0.6) is 5.75 Å². The molecule has 0 saturated heterocycles. The number of hydrogen-bond donors (Lipinski definition) is 1. The zero-order valence-corrected chi connectivity index (χ0v) is 20.7. The SMILES string of the molecule is CC/C(=C\c1ccc2c(c1)N(S(=O)(=O)c1cccc(C)c1)C[C@H](CCC(=O)O)O2)c1ccccc1. The Morgan fingerprint density at radius 1 is 1.09 bits per heavy atom. The number of ether oxygens (including phenoxy) is 1. The Balaban J connectivity index is 1.77. The van der Waals surface area contributed by atoms with Gasteiger partial charge in [-0.15, -0.1) is 0 Å². The van der Waals surface area contributed by atoms with Crippen molar-refractivity contribution in [3.05, 3.63) is 89.5 Å². The molecule has 4 rings (SSSR count). The number of benzene rings is 3. The van der Waals surface area contributed by atoms with E-state index in [2.05, 4.69) is 25.1 Å². The number of aliphatic carboxylic acids is 1. The second-order valence-corrected chi connectivity index (χ2v) is 10.5. The molecule has 182 valence electrons. The Bertz CT molecular complexity index is 1350. The first-order valence-electron chi connectivity index (χ1n) is 11.7. The quantitative estimate of drug-likeness (QED) is 0.405. The molecule has 1 N–H and O–H groups in total. The lowest BCUT2D eigenvalue weighted by molar-refractivity contribution is -0.137. The van der Waals surface area contributed by atoms with E-state index in [1.807, 2.05) is 43.3 Å². The standard InChI is InChI=1S/C28H29NO5S/c1-3-22(23-9-5-4-6-10-23)17-21-12-14-27-26(18-21)29(19-24(34-27)13-15-28(30)31)35(32,33)25-11-7-8-20(2)16-25/h4-12,14,16-18,24H,3,13,15,19H2,1-2H3,(H,30,31)/b22-17+/t24-/m0/s1. The summed E-state index contributed by atoms with van der Waals surface area (Å²) in [7, 11) is -3.89. The third-order valence-corrected chi connectivity index (χ3v) is 7.81. The lowest BCUT2D eigenvalue weighted by atomic mass is 10.00. The number of carbonyl (C=O) groups is 1. The maximum absolute atomic E-state index is 13.7. The molecule has 1 heterocycles. The van der Waals surface area contributed by atoms with Crippen molar-refractivity contribution in [3.8, 4) is 5.75 Å². The molecule has 6 nitrogen and oxygen atoms in total. The van der Waals surface area contributed by atoms with Gasteiger partial charge in [0.15, 0.2) is 0 Å². The van der Waals surface area contributed by atoms with Crippen molar-refractivity contribution < 1.29 is 23.1 Å². The minimum Gasteiger partial charge on any atom is -0.486 e. The van der Waals surface area contributed by atoms with Gasteiger partial charge in [0, 0.05) is 6.42 Å². The summed E-state index contributed by atoms with van der Waals surface area (Å²) in [5, 5.41) is 9.12. The van der Waals surface area contributed by atoms with Gasteiger partial charge < -0.3 is 9.84 Å². The summed E-state index contributed by atoms with van der Waals surface area (Å²) in [5.41, 5.74) is 4.41. The lowest BCUT2D eigenvalue weighted by Crippen LogP contribution is -2.43. The Morgan fingerprint density at radius 3 is 2.54 bits per heavy atom. The first-order valence-corrected chi connectivity index (χ1v) is 13.1. The second kappa shape index (κ2) is 10.4. The van der Waals surface area contributed by atoms with Crippen LogP contribution in [0, 0.1) is 6.92 Å². The largest absolute Gasteiger partial charge is 0.486 e. The fraction of sp³-hybridized carbons (Fsp3) is 0.250. The van der Waals surface area contributed by atoms with Gasteiger partial charge in [0.05, 0.1) is 17.1 Å². The van der Waals surface area contributed by atoms with E-state index in [0.717, 1.165) is 28.7 Å². The number of allylic oxidation sites excluding steroid dienone is 1. The van der Waals surface area contributed by atoms with Crippen molar-refractivity contribution in [2.75, 3.05) is 10.8 Å². The minimum atomic E-state index is -3.89. The summed E-state index contributed by atoms with van der Waals surface area (Å²) >= 11 is 0. The van der Waals surface area contributed by atoms with Crippen LogP contribution in [0.2, 0.25) is 0 Å². The number of anilines is 1. The maximum atomic E-state index is 13.7. The molecule has 0 spiro atoms. The third-order valence-electron chi connectivity index (χ3n) is 6.04. The molecule has 3 aromatic rings. The van der Waals surface area contributed by atoms with Gasteiger partial charge in [-0.25, -0.2) is 8.42 Å². The van der Waals surface area contributed by atoms with Crippen LogP contribution < -0.4 is 9.04 Å². The average Bonchev–Trinajstić information content (AvgIpc) is 2.86. The second-order valence-electron chi connectivity index (χ2n) is 8.64. The van der Waals surface area contributed by atoms with Crippen LogP contribution in [0.25, 0.3) is 11.6 Å². The zero-order chi connectivity index (χ0) is 25.0. The van der Waals surface area contributed by atoms with Gasteiger partial charge >= 0.3 is 5.97 Å². The highest BCUT2D eigenvalue weighted by Crippen LogP contribution is 2.39. The van der Waals surface area contributed by atoms with Crippen molar-refractivity contribution in [1.29, 1.82) is 0 Å². The van der Waals surface area contributed by atoms with Crippen LogP contribution in [0.3, 0.4) is 0 Å². The van der Waals surface area contributed by atoms with Gasteiger partial charge in [-0.1, -0.05) is 61.5 Å². The Labute approximate surface area is 206 Å². The van der Waals surface area contributed by atoms with E-state index in [1.165, 1.54) is 4.31 Å². The van der Waals surface area contributed by atoms with Gasteiger partial charge in [-0.3, -0.25) is 9.10 Å². The van der Waals surface area contributed by atoms with Crippen molar-refractivity contribution in [3.63, 3.8) is 0 Å². The number of sulfonamides is 1. The normalized spacial score (nSPS) is 15.9. The first-order chi connectivity index (χ1) is 16.8. The monoisotopic (exact) mass is 491 g/mol. The fourth-order valence-corrected chi connectivity index (χ4v) is 5.83. The topological polar surface area (TPSA) is 83.9 Å². The summed E-state index contributed by atoms with van der Waals surface area (Å²) in [6.07, 6.45) is 2.43. The van der Waals surface area contributed by atoms with Crippen LogP contribution in [-0.2, 0) is 14.8 Å². The molecule has 0 aliphatic carbocycles. The van der Waals surface area contributed by atoms with Crippen LogP contribution in [0.15, 0.2) is 77.7 Å². The molecule has 3 aromatic carbocycles. The molecule has 1 aliphatic heterocycles. The van der Waals surface area contributed by atoms with Gasteiger partial charge in [-0.2, -0.15) is 0 Å². The summed E-state index contributed by atoms with van der Waals surface area (Å²) in [5.74, 6) is -0.515. The number of aryl methyl sites for hydroxylation is 1. The molecule has 7 heteroatoms. The smallest absolute Gasteiger partial charge is 0.303 e. The molecule has 35 heavy (non-hydrogen) atoms. The molecule has 1 aliphatic rings. The molecule has 0 amide bonds. The third kappa shape index (κ3) is 5.57. The van der Waals surface area contributed by atoms with Gasteiger partial charge in [0.25, 0.3) is 10.0 Å². The number of carboxylic acid groups (broad SMARTS) is 1. The molecule has 1 atom stereocenters. The molecule has 0 unspecified atom stereocenters. The summed E-state index contributed by atoms with van der Waals surface area (Å²) < 4.78 is 34.9. The molecule has 0 fully saturated rings. The first kappa shape index (κ1) is 24.5. The lowest BCUT2D eigenvalue weighted by Gasteiger charge is -2.35. The van der Waals surface area contributed by atoms with E-state index in [9.17, 15) is 13.2 Å². The Morgan fingerprint density at radius 2 is 1.86 bits per heavy atom. The van der Waals surface area contributed by atoms with Crippen molar-refractivity contribution >= 4 is 33.3 Å². The summed E-state index contributed by atoms with van der Waals surface area (Å²) in [4.78, 5) is 11.3. The molecular weight excluding hydrogens is 462 g/mol. The number of fused-ring (bicyclic) bond motifs is 1. The molecule has 0 radical (unpaired) electrons. The van der Waals surface area contributed by atoms with Crippen LogP contribution in [0.1, 0.15) is 42.9 Å². The van der Waals surface area contributed by atoms with E-state index < -0.39 is 22.1 Å². The van der Waals surface area contributed by atoms with Crippen molar-refractivity contribution in [1.82, 2.24) is 0 Å². The fourth-order valence-electron chi connectivity index (χ4n) is 4.23. The van der Waals surface area contributed by atoms with Gasteiger partial charge in [0.2, 0.25) is 0 Å². The highest BCUT2D eigenvalue weighted by Gasteiger charge is 2.35. The van der Waals surface area contributed by atoms with Gasteiger partial charge in [0.1, 0.15) is 11.9 Å². The van der Waals surface area contributed by atoms with E-state index in [-0.39, 0.29) is 24.3 Å². The summed E-state index contributed by atoms with van der Waals surface area (Å²) in [6, 6.07) is 22.4. The number of carboxylic acids is 1. The van der Waals surface area contributed by atoms with E-state index in [0.29, 0.717) is 11.4 Å². The molecule has 0 bridgehead atoms. The molecular formula is C28H29NO5S. The summed E-state index contributed by atoms with van der Waals surface area (Å²) in [6.45, 7) is 3.98. The Kier molecular flexibility index (Phi) is 7.26. The predicted molar refractivity (Wildman–Crippen MR) is 138 cm³/mol. The Hall–Kier alpha value is -3.58. The minimum absolute atomic E-state index is 0.0447.